The molecule has 4 rings (SSSR count). The third-order valence-electron chi connectivity index (χ3n) is 5.92. The number of aryl methyl sites for hydroxylation is 2. The van der Waals surface area contributed by atoms with E-state index in [1.807, 2.05) is 60.4 Å². The number of rotatable bonds is 6. The summed E-state index contributed by atoms with van der Waals surface area (Å²) in [4.78, 5) is 26.4. The lowest BCUT2D eigenvalue weighted by Gasteiger charge is -2.36. The second-order valence-corrected chi connectivity index (χ2v) is 8.67. The minimum absolute atomic E-state index is 0.0491. The van der Waals surface area contributed by atoms with Gasteiger partial charge in [0.05, 0.1) is 0 Å². The summed E-state index contributed by atoms with van der Waals surface area (Å²) >= 11 is 6.07. The van der Waals surface area contributed by atoms with Gasteiger partial charge in [0.2, 0.25) is 5.91 Å². The molecule has 2 heterocycles. The summed E-state index contributed by atoms with van der Waals surface area (Å²) < 4.78 is 0. The number of aromatic nitrogens is 2. The van der Waals surface area contributed by atoms with Gasteiger partial charge in [-0.2, -0.15) is 0 Å². The van der Waals surface area contributed by atoms with Crippen molar-refractivity contribution in [2.24, 2.45) is 0 Å². The molecule has 2 aromatic carbocycles. The van der Waals surface area contributed by atoms with Gasteiger partial charge in [0.25, 0.3) is 0 Å². The van der Waals surface area contributed by atoms with Gasteiger partial charge in [-0.15, -0.1) is 0 Å². The van der Waals surface area contributed by atoms with Crippen LogP contribution in [-0.4, -0.2) is 47.0 Å². The minimum Gasteiger partial charge on any atom is -0.353 e. The fourth-order valence-corrected chi connectivity index (χ4v) is 4.28. The van der Waals surface area contributed by atoms with Crippen LogP contribution < -0.4 is 4.90 Å². The predicted molar refractivity (Wildman–Crippen MR) is 135 cm³/mol. The molecule has 0 N–H and O–H groups in total. The first-order valence-electron chi connectivity index (χ1n) is 11.4. The topological polar surface area (TPSA) is 49.3 Å². The maximum atomic E-state index is 12.7. The Morgan fingerprint density at radius 2 is 1.70 bits per heavy atom. The zero-order valence-electron chi connectivity index (χ0n) is 19.2. The molecule has 0 atom stereocenters. The second kappa shape index (κ2) is 10.6. The molecule has 1 aliphatic rings. The van der Waals surface area contributed by atoms with Crippen LogP contribution in [0.4, 0.5) is 5.82 Å². The number of halogens is 1. The Hall–Kier alpha value is -3.18. The quantitative estimate of drug-likeness (QED) is 0.488. The van der Waals surface area contributed by atoms with Crippen molar-refractivity contribution in [1.82, 2.24) is 14.9 Å². The molecule has 1 saturated heterocycles. The van der Waals surface area contributed by atoms with Crippen LogP contribution in [0.3, 0.4) is 0 Å². The molecule has 0 saturated carbocycles. The number of benzene rings is 2. The van der Waals surface area contributed by atoms with Crippen molar-refractivity contribution < 1.29 is 4.79 Å². The van der Waals surface area contributed by atoms with Crippen molar-refractivity contribution >= 4 is 29.4 Å². The van der Waals surface area contributed by atoms with Gasteiger partial charge >= 0.3 is 0 Å². The van der Waals surface area contributed by atoms with Crippen LogP contribution in [0.15, 0.2) is 60.7 Å². The summed E-state index contributed by atoms with van der Waals surface area (Å²) in [5, 5.41) is 0.733. The molecule has 0 unspecified atom stereocenters. The van der Waals surface area contributed by atoms with E-state index in [4.69, 9.17) is 21.6 Å². The number of piperazine rings is 1. The lowest BCUT2D eigenvalue weighted by Crippen LogP contribution is -2.49. The second-order valence-electron chi connectivity index (χ2n) is 8.23. The van der Waals surface area contributed by atoms with E-state index in [0.717, 1.165) is 59.4 Å². The van der Waals surface area contributed by atoms with Crippen LogP contribution >= 0.6 is 11.6 Å². The first-order chi connectivity index (χ1) is 16.0. The van der Waals surface area contributed by atoms with Crippen LogP contribution in [0, 0.1) is 6.92 Å². The number of nitrogens with zero attached hydrogens (tertiary/aromatic N) is 4. The maximum absolute atomic E-state index is 12.7. The lowest BCUT2D eigenvalue weighted by molar-refractivity contribution is -0.126. The average molecular weight is 461 g/mol. The molecule has 0 bridgehead atoms. The normalized spacial score (nSPS) is 14.2. The summed E-state index contributed by atoms with van der Waals surface area (Å²) in [6.45, 7) is 6.91. The highest BCUT2D eigenvalue weighted by Gasteiger charge is 2.24. The third kappa shape index (κ3) is 5.79. The van der Waals surface area contributed by atoms with Crippen LogP contribution in [0.2, 0.25) is 5.02 Å². The largest absolute Gasteiger partial charge is 0.353 e. The fraction of sp³-hybridized carbons (Fsp3) is 0.296. The molecular formula is C27H29ClN4O. The molecule has 1 aromatic heterocycles. The molecular weight excluding hydrogens is 432 g/mol. The number of carbonyl (C=O) groups excluding carboxylic acids is 1. The Morgan fingerprint density at radius 1 is 1.00 bits per heavy atom. The van der Waals surface area contributed by atoms with Crippen LogP contribution in [0.5, 0.6) is 0 Å². The van der Waals surface area contributed by atoms with Crippen molar-refractivity contribution in [3.8, 4) is 0 Å². The third-order valence-corrected chi connectivity index (χ3v) is 6.17. The van der Waals surface area contributed by atoms with E-state index in [1.165, 1.54) is 5.56 Å². The van der Waals surface area contributed by atoms with Crippen LogP contribution in [-0.2, 0) is 17.6 Å². The molecule has 1 aliphatic heterocycles. The predicted octanol–water partition coefficient (Wildman–Crippen LogP) is 4.95. The Morgan fingerprint density at radius 3 is 2.36 bits per heavy atom. The molecule has 33 heavy (non-hydrogen) atoms. The van der Waals surface area contributed by atoms with E-state index in [1.54, 1.807) is 6.08 Å². The van der Waals surface area contributed by atoms with E-state index >= 15 is 0 Å². The number of amides is 1. The van der Waals surface area contributed by atoms with Crippen LogP contribution in [0.25, 0.3) is 6.08 Å². The molecule has 1 amide bonds. The smallest absolute Gasteiger partial charge is 0.246 e. The fourth-order valence-electron chi connectivity index (χ4n) is 4.15. The number of anilines is 1. The number of hydrogen-bond acceptors (Lipinski definition) is 4. The summed E-state index contributed by atoms with van der Waals surface area (Å²) in [5.74, 6) is 1.82. The monoisotopic (exact) mass is 460 g/mol. The summed E-state index contributed by atoms with van der Waals surface area (Å²) in [7, 11) is 0. The van der Waals surface area contributed by atoms with Gasteiger partial charge in [-0.1, -0.05) is 61.0 Å². The Labute approximate surface area is 200 Å². The van der Waals surface area contributed by atoms with Gasteiger partial charge in [0.15, 0.2) is 0 Å². The molecule has 1 fully saturated rings. The summed E-state index contributed by atoms with van der Waals surface area (Å²) in [6, 6.07) is 17.9. The summed E-state index contributed by atoms with van der Waals surface area (Å²) in [5.41, 5.74) is 4.45. The van der Waals surface area contributed by atoms with E-state index in [2.05, 4.69) is 24.0 Å². The van der Waals surface area contributed by atoms with Crippen molar-refractivity contribution in [3.63, 3.8) is 0 Å². The van der Waals surface area contributed by atoms with Gasteiger partial charge in [-0.25, -0.2) is 9.97 Å². The Balaban J connectivity index is 1.49. The van der Waals surface area contributed by atoms with Crippen molar-refractivity contribution in [2.75, 3.05) is 31.1 Å². The van der Waals surface area contributed by atoms with E-state index in [-0.39, 0.29) is 5.91 Å². The zero-order chi connectivity index (χ0) is 23.2. The van der Waals surface area contributed by atoms with Crippen molar-refractivity contribution in [2.45, 2.75) is 26.7 Å². The van der Waals surface area contributed by atoms with E-state index < -0.39 is 0 Å². The SMILES string of the molecule is CCc1nc(C)nc(N2CCN(C(=O)/C=C/c3ccccc3)CC2)c1Cc1ccc(Cl)cc1. The number of hydrogen-bond donors (Lipinski definition) is 0. The highest BCUT2D eigenvalue weighted by Crippen LogP contribution is 2.26. The van der Waals surface area contributed by atoms with Crippen molar-refractivity contribution in [1.29, 1.82) is 0 Å². The van der Waals surface area contributed by atoms with Gasteiger partial charge in [-0.3, -0.25) is 4.79 Å². The van der Waals surface area contributed by atoms with E-state index in [0.29, 0.717) is 13.1 Å². The minimum atomic E-state index is 0.0491. The van der Waals surface area contributed by atoms with Gasteiger partial charge in [-0.05, 0) is 42.7 Å². The molecule has 6 heteroatoms. The molecule has 170 valence electrons. The average Bonchev–Trinajstić information content (AvgIpc) is 2.85. The lowest BCUT2D eigenvalue weighted by atomic mass is 10.0. The van der Waals surface area contributed by atoms with Crippen molar-refractivity contribution in [3.05, 3.63) is 93.9 Å². The van der Waals surface area contributed by atoms with Gasteiger partial charge in [0, 0.05) is 55.0 Å². The first-order valence-corrected chi connectivity index (χ1v) is 11.8. The van der Waals surface area contributed by atoms with Crippen LogP contribution in [0.1, 0.15) is 35.1 Å². The Kier molecular flexibility index (Phi) is 7.40. The first kappa shape index (κ1) is 23.0. The molecule has 3 aromatic rings. The Bertz CT molecular complexity index is 1120. The number of carbonyl (C=O) groups is 1. The van der Waals surface area contributed by atoms with E-state index in [9.17, 15) is 4.79 Å². The zero-order valence-corrected chi connectivity index (χ0v) is 19.9. The molecule has 0 aliphatic carbocycles. The molecule has 0 radical (unpaired) electrons. The van der Waals surface area contributed by atoms with Gasteiger partial charge in [0.1, 0.15) is 11.6 Å². The molecule has 5 nitrogen and oxygen atoms in total. The van der Waals surface area contributed by atoms with Gasteiger partial charge < -0.3 is 9.80 Å². The maximum Gasteiger partial charge on any atom is 0.246 e. The molecule has 0 spiro atoms. The standard InChI is InChI=1S/C27H29ClN4O/c1-3-25-24(19-22-9-12-23(28)13-10-22)27(30-20(2)29-25)32-17-15-31(16-18-32)26(33)14-11-21-7-5-4-6-8-21/h4-14H,3,15-19H2,1-2H3/b14-11+. The highest BCUT2D eigenvalue weighted by atomic mass is 35.5. The highest BCUT2D eigenvalue weighted by molar-refractivity contribution is 6.30. The summed E-state index contributed by atoms with van der Waals surface area (Å²) in [6.07, 6.45) is 5.15.